The molecule has 10 heteroatoms. The smallest absolute Gasteiger partial charge is 0.329 e. The van der Waals surface area contributed by atoms with Gasteiger partial charge in [0.1, 0.15) is 10.9 Å². The Hall–Kier alpha value is -2.59. The van der Waals surface area contributed by atoms with Crippen molar-refractivity contribution in [2.24, 2.45) is 4.99 Å². The number of aliphatic imine (C=N–C) groups is 1. The number of aromatic nitrogens is 2. The van der Waals surface area contributed by atoms with Crippen LogP contribution in [0.15, 0.2) is 29.5 Å². The van der Waals surface area contributed by atoms with Crippen LogP contribution in [0.25, 0.3) is 0 Å². The molecule has 1 N–H and O–H groups in total. The number of rotatable bonds is 8. The molecular formula is C17H19N3O5S2. The molecule has 0 aliphatic rings. The second-order valence-electron chi connectivity index (χ2n) is 5.17. The van der Waals surface area contributed by atoms with Crippen LogP contribution in [-0.4, -0.2) is 46.0 Å². The van der Waals surface area contributed by atoms with E-state index in [1.807, 2.05) is 0 Å². The van der Waals surface area contributed by atoms with E-state index in [1.165, 1.54) is 10.8 Å². The maximum atomic E-state index is 12.3. The van der Waals surface area contributed by atoms with Gasteiger partial charge in [0.15, 0.2) is 3.95 Å². The average molecular weight is 409 g/mol. The Morgan fingerprint density at radius 1 is 1.41 bits per heavy atom. The molecule has 2 heterocycles. The Bertz CT molecular complexity index is 876. The summed E-state index contributed by atoms with van der Waals surface area (Å²) >= 11 is 6.34. The summed E-state index contributed by atoms with van der Waals surface area (Å²) in [6, 6.07) is 2.36. The summed E-state index contributed by atoms with van der Waals surface area (Å²) in [4.78, 5) is 32.7. The summed E-state index contributed by atoms with van der Waals surface area (Å²) in [7, 11) is 0. The molecule has 0 radical (unpaired) electrons. The predicted octanol–water partition coefficient (Wildman–Crippen LogP) is 3.19. The highest BCUT2D eigenvalue weighted by molar-refractivity contribution is 7.73. The molecule has 0 aliphatic carbocycles. The monoisotopic (exact) mass is 409 g/mol. The van der Waals surface area contributed by atoms with Gasteiger partial charge in [-0.05, 0) is 38.2 Å². The average Bonchev–Trinajstić information content (AvgIpc) is 2.93. The normalized spacial score (nSPS) is 12.1. The lowest BCUT2D eigenvalue weighted by Crippen LogP contribution is -2.25. The fourth-order valence-corrected chi connectivity index (χ4v) is 3.49. The van der Waals surface area contributed by atoms with E-state index in [4.69, 9.17) is 21.7 Å². The molecule has 2 aromatic heterocycles. The van der Waals surface area contributed by atoms with Gasteiger partial charge in [0.05, 0.1) is 37.7 Å². The zero-order valence-electron chi connectivity index (χ0n) is 14.8. The fourth-order valence-electron chi connectivity index (χ4n) is 2.21. The Balaban J connectivity index is 2.36. The Kier molecular flexibility index (Phi) is 7.62. The van der Waals surface area contributed by atoms with Crippen LogP contribution < -0.4 is 0 Å². The van der Waals surface area contributed by atoms with E-state index in [-0.39, 0.29) is 29.5 Å². The van der Waals surface area contributed by atoms with Gasteiger partial charge in [-0.3, -0.25) is 19.3 Å². The lowest BCUT2D eigenvalue weighted by molar-refractivity contribution is -0.154. The molecule has 0 bridgehead atoms. The van der Waals surface area contributed by atoms with Gasteiger partial charge in [-0.15, -0.1) is 0 Å². The third-order valence-electron chi connectivity index (χ3n) is 3.36. The third kappa shape index (κ3) is 5.44. The zero-order valence-corrected chi connectivity index (χ0v) is 16.5. The van der Waals surface area contributed by atoms with E-state index < -0.39 is 18.0 Å². The van der Waals surface area contributed by atoms with Gasteiger partial charge in [-0.1, -0.05) is 11.3 Å². The van der Waals surface area contributed by atoms with Crippen LogP contribution in [0.1, 0.15) is 31.2 Å². The van der Waals surface area contributed by atoms with Crippen LogP contribution in [0, 0.1) is 3.95 Å². The van der Waals surface area contributed by atoms with Gasteiger partial charge in [-0.2, -0.15) is 0 Å². The molecule has 0 saturated carbocycles. The predicted molar refractivity (Wildman–Crippen MR) is 103 cm³/mol. The van der Waals surface area contributed by atoms with Gasteiger partial charge >= 0.3 is 11.9 Å². The van der Waals surface area contributed by atoms with E-state index >= 15 is 0 Å². The van der Waals surface area contributed by atoms with E-state index in [0.29, 0.717) is 10.6 Å². The number of carbonyl (C=O) groups is 2. The van der Waals surface area contributed by atoms with Crippen molar-refractivity contribution in [3.05, 3.63) is 33.4 Å². The number of aromatic hydroxyl groups is 1. The first-order chi connectivity index (χ1) is 13.0. The molecule has 0 amide bonds. The minimum absolute atomic E-state index is 0.131. The summed E-state index contributed by atoms with van der Waals surface area (Å²) in [5, 5.41) is 10.6. The number of ether oxygens (including phenoxy) is 2. The van der Waals surface area contributed by atoms with Crippen molar-refractivity contribution in [1.29, 1.82) is 0 Å². The number of pyridine rings is 1. The molecular weight excluding hydrogens is 390 g/mol. The highest BCUT2D eigenvalue weighted by Gasteiger charge is 2.30. The Morgan fingerprint density at radius 3 is 2.78 bits per heavy atom. The summed E-state index contributed by atoms with van der Waals surface area (Å²) < 4.78 is 11.3. The van der Waals surface area contributed by atoms with Crippen molar-refractivity contribution >= 4 is 47.4 Å². The maximum absolute atomic E-state index is 12.3. The maximum Gasteiger partial charge on any atom is 0.329 e. The zero-order chi connectivity index (χ0) is 19.8. The van der Waals surface area contributed by atoms with Crippen molar-refractivity contribution in [3.8, 4) is 5.88 Å². The molecule has 2 aromatic rings. The SMILES string of the molecule is CCOC(=O)CC(C(=O)OCC)n1c(O)c(C=Nc2cccnc2)sc1=S. The minimum atomic E-state index is -1.12. The molecule has 0 aliphatic heterocycles. The minimum Gasteiger partial charge on any atom is -0.493 e. The first-order valence-corrected chi connectivity index (χ1v) is 9.41. The summed E-state index contributed by atoms with van der Waals surface area (Å²) in [5.41, 5.74) is 0.594. The van der Waals surface area contributed by atoms with E-state index in [2.05, 4.69) is 9.98 Å². The van der Waals surface area contributed by atoms with E-state index in [9.17, 15) is 14.7 Å². The van der Waals surface area contributed by atoms with Gasteiger partial charge in [0.2, 0.25) is 5.88 Å². The quantitative estimate of drug-likeness (QED) is 0.406. The first kappa shape index (κ1) is 20.7. The van der Waals surface area contributed by atoms with Crippen molar-refractivity contribution < 1.29 is 24.2 Å². The molecule has 0 aromatic carbocycles. The van der Waals surface area contributed by atoms with Crippen molar-refractivity contribution in [2.75, 3.05) is 13.2 Å². The van der Waals surface area contributed by atoms with Gasteiger partial charge < -0.3 is 14.6 Å². The topological polar surface area (TPSA) is 103 Å². The lowest BCUT2D eigenvalue weighted by atomic mass is 10.2. The number of hydrogen-bond acceptors (Lipinski definition) is 9. The molecule has 8 nitrogen and oxygen atoms in total. The molecule has 0 saturated heterocycles. The number of carbonyl (C=O) groups excluding carboxylic acids is 2. The summed E-state index contributed by atoms with van der Waals surface area (Å²) in [6.45, 7) is 3.63. The first-order valence-electron chi connectivity index (χ1n) is 8.18. The van der Waals surface area contributed by atoms with Crippen molar-refractivity contribution in [1.82, 2.24) is 9.55 Å². The summed E-state index contributed by atoms with van der Waals surface area (Å²) in [6.07, 6.45) is 4.31. The molecule has 27 heavy (non-hydrogen) atoms. The number of nitrogens with zero attached hydrogens (tertiary/aromatic N) is 3. The third-order valence-corrected chi connectivity index (χ3v) is 4.68. The highest BCUT2D eigenvalue weighted by atomic mass is 32.1. The van der Waals surface area contributed by atoms with Crippen LogP contribution in [-0.2, 0) is 19.1 Å². The van der Waals surface area contributed by atoms with Crippen molar-refractivity contribution in [3.63, 3.8) is 0 Å². The highest BCUT2D eigenvalue weighted by Crippen LogP contribution is 2.31. The van der Waals surface area contributed by atoms with Crippen LogP contribution >= 0.6 is 23.6 Å². The Morgan fingerprint density at radius 2 is 2.15 bits per heavy atom. The molecule has 1 atom stereocenters. The van der Waals surface area contributed by atoms with Gasteiger partial charge in [-0.25, -0.2) is 4.79 Å². The number of thiazole rings is 1. The Labute approximate surface area is 165 Å². The lowest BCUT2D eigenvalue weighted by Gasteiger charge is -2.17. The van der Waals surface area contributed by atoms with E-state index in [1.54, 1.807) is 38.4 Å². The molecule has 144 valence electrons. The number of hydrogen-bond donors (Lipinski definition) is 1. The molecule has 1 unspecified atom stereocenters. The van der Waals surface area contributed by atoms with Gasteiger partial charge in [0, 0.05) is 6.20 Å². The molecule has 0 spiro atoms. The van der Waals surface area contributed by atoms with Crippen LogP contribution in [0.4, 0.5) is 5.69 Å². The van der Waals surface area contributed by atoms with Crippen LogP contribution in [0.2, 0.25) is 0 Å². The van der Waals surface area contributed by atoms with Gasteiger partial charge in [0.25, 0.3) is 0 Å². The standard InChI is InChI=1S/C17H19N3O5S2/c1-3-24-14(21)8-12(16(23)25-4-2)20-15(22)13(27-17(20)26)10-19-11-6-5-7-18-9-11/h5-7,9-10,12,22H,3-4,8H2,1-2H3. The number of esters is 2. The van der Waals surface area contributed by atoms with Crippen LogP contribution in [0.3, 0.4) is 0 Å². The van der Waals surface area contributed by atoms with Crippen LogP contribution in [0.5, 0.6) is 5.88 Å². The summed E-state index contributed by atoms with van der Waals surface area (Å²) in [5.74, 6) is -1.53. The largest absolute Gasteiger partial charge is 0.493 e. The second-order valence-corrected chi connectivity index (χ2v) is 6.85. The fraction of sp³-hybridized carbons (Fsp3) is 0.353. The molecule has 0 fully saturated rings. The molecule has 2 rings (SSSR count). The second kappa shape index (κ2) is 9.93. The van der Waals surface area contributed by atoms with Crippen molar-refractivity contribution in [2.45, 2.75) is 26.3 Å². The van der Waals surface area contributed by atoms with E-state index in [0.717, 1.165) is 11.3 Å².